The van der Waals surface area contributed by atoms with Crippen LogP contribution in [0.3, 0.4) is 0 Å². The fourth-order valence-electron chi connectivity index (χ4n) is 4.60. The molecule has 5 nitrogen and oxygen atoms in total. The highest BCUT2D eigenvalue weighted by molar-refractivity contribution is 7.89. The molecule has 5 atom stereocenters. The van der Waals surface area contributed by atoms with E-state index in [9.17, 15) is 8.42 Å². The maximum absolute atomic E-state index is 13.1. The lowest BCUT2D eigenvalue weighted by Gasteiger charge is -2.27. The van der Waals surface area contributed by atoms with Gasteiger partial charge < -0.3 is 0 Å². The van der Waals surface area contributed by atoms with Crippen LogP contribution in [0.1, 0.15) is 25.8 Å². The molecule has 2 aliphatic heterocycles. The third-order valence-electron chi connectivity index (χ3n) is 6.03. The van der Waals surface area contributed by atoms with Crippen LogP contribution in [0.2, 0.25) is 0 Å². The minimum atomic E-state index is -3.46. The van der Waals surface area contributed by atoms with E-state index in [0.717, 1.165) is 12.0 Å². The van der Waals surface area contributed by atoms with Crippen LogP contribution in [0.5, 0.6) is 0 Å². The average Bonchev–Trinajstić information content (AvgIpc) is 2.87. The van der Waals surface area contributed by atoms with Gasteiger partial charge in [0, 0.05) is 25.6 Å². The summed E-state index contributed by atoms with van der Waals surface area (Å²) in [7, 11) is -1.52. The van der Waals surface area contributed by atoms with Gasteiger partial charge in [0.1, 0.15) is 0 Å². The van der Waals surface area contributed by atoms with E-state index in [1.54, 1.807) is 16.4 Å². The molecule has 1 saturated carbocycles. The van der Waals surface area contributed by atoms with Gasteiger partial charge >= 0.3 is 0 Å². The molecule has 0 unspecified atom stereocenters. The van der Waals surface area contributed by atoms with Gasteiger partial charge in [-0.3, -0.25) is 4.84 Å². The minimum absolute atomic E-state index is 0.0801. The molecule has 126 valence electrons. The van der Waals surface area contributed by atoms with Gasteiger partial charge in [-0.2, -0.15) is 9.37 Å². The lowest BCUT2D eigenvalue weighted by Crippen LogP contribution is -2.42. The molecule has 3 fully saturated rings. The van der Waals surface area contributed by atoms with Crippen molar-refractivity contribution < 1.29 is 13.3 Å². The number of benzene rings is 1. The first kappa shape index (κ1) is 15.6. The summed E-state index contributed by atoms with van der Waals surface area (Å²) in [6.07, 6.45) is 1.03. The van der Waals surface area contributed by atoms with Crippen LogP contribution in [-0.4, -0.2) is 49.1 Å². The highest BCUT2D eigenvalue weighted by Gasteiger charge is 2.70. The number of likely N-dealkylation sites (N-methyl/N-ethyl adjacent to an activating group) is 1. The Kier molecular flexibility index (Phi) is 3.24. The van der Waals surface area contributed by atoms with Crippen LogP contribution in [0.4, 0.5) is 0 Å². The molecule has 0 amide bonds. The maximum atomic E-state index is 13.1. The van der Waals surface area contributed by atoms with E-state index in [1.165, 1.54) is 0 Å². The quantitative estimate of drug-likeness (QED) is 0.829. The van der Waals surface area contributed by atoms with Crippen molar-refractivity contribution in [2.24, 2.45) is 11.8 Å². The van der Waals surface area contributed by atoms with Crippen LogP contribution in [0.25, 0.3) is 0 Å². The maximum Gasteiger partial charge on any atom is 0.243 e. The molecular formula is C17H24N2O3S. The third kappa shape index (κ3) is 2.05. The molecule has 2 heterocycles. The molecule has 0 N–H and O–H groups in total. The van der Waals surface area contributed by atoms with Crippen molar-refractivity contribution >= 4 is 10.0 Å². The smallest absolute Gasteiger partial charge is 0.243 e. The fraction of sp³-hybridized carbons (Fsp3) is 0.647. The van der Waals surface area contributed by atoms with Gasteiger partial charge in [-0.05, 0) is 38.3 Å². The molecule has 1 spiro atoms. The Balaban J connectivity index is 1.67. The Bertz CT molecular complexity index is 733. The predicted octanol–water partition coefficient (Wildman–Crippen LogP) is 2.03. The van der Waals surface area contributed by atoms with Crippen molar-refractivity contribution in [1.29, 1.82) is 0 Å². The molecular weight excluding hydrogens is 312 g/mol. The highest BCUT2D eigenvalue weighted by atomic mass is 32.2. The number of nitrogens with zero attached hydrogens (tertiary/aromatic N) is 2. The Hall–Kier alpha value is -0.950. The monoisotopic (exact) mass is 336 g/mol. The number of fused-ring (bicyclic) bond motifs is 2. The number of aryl methyl sites for hydroxylation is 1. The Labute approximate surface area is 138 Å². The summed E-state index contributed by atoms with van der Waals surface area (Å²) in [5, 5.41) is 1.91. The second-order valence-corrected chi connectivity index (χ2v) is 9.31. The summed E-state index contributed by atoms with van der Waals surface area (Å²) in [5.74, 6) is 0.770. The lowest BCUT2D eigenvalue weighted by molar-refractivity contribution is -0.166. The predicted molar refractivity (Wildman–Crippen MR) is 87.2 cm³/mol. The van der Waals surface area contributed by atoms with Crippen molar-refractivity contribution in [2.75, 3.05) is 13.6 Å². The molecule has 23 heavy (non-hydrogen) atoms. The second-order valence-electron chi connectivity index (χ2n) is 7.42. The van der Waals surface area contributed by atoms with Crippen molar-refractivity contribution in [2.45, 2.75) is 49.8 Å². The third-order valence-corrected chi connectivity index (χ3v) is 7.99. The van der Waals surface area contributed by atoms with E-state index in [4.69, 9.17) is 4.84 Å². The summed E-state index contributed by atoms with van der Waals surface area (Å²) in [4.78, 5) is 6.49. The van der Waals surface area contributed by atoms with Gasteiger partial charge in [0.05, 0.1) is 16.5 Å². The van der Waals surface area contributed by atoms with E-state index < -0.39 is 10.0 Å². The van der Waals surface area contributed by atoms with E-state index in [-0.39, 0.29) is 23.6 Å². The van der Waals surface area contributed by atoms with Crippen LogP contribution >= 0.6 is 0 Å². The number of hydrogen-bond donors (Lipinski definition) is 0. The topological polar surface area (TPSA) is 49.9 Å². The molecule has 0 radical (unpaired) electrons. The Morgan fingerprint density at radius 2 is 1.83 bits per heavy atom. The van der Waals surface area contributed by atoms with Crippen LogP contribution in [0, 0.1) is 18.8 Å². The Morgan fingerprint density at radius 1 is 1.22 bits per heavy atom. The molecule has 0 bridgehead atoms. The lowest BCUT2D eigenvalue weighted by atomic mass is 9.92. The van der Waals surface area contributed by atoms with Gasteiger partial charge in [0.25, 0.3) is 0 Å². The van der Waals surface area contributed by atoms with Gasteiger partial charge in [0.2, 0.25) is 10.0 Å². The van der Waals surface area contributed by atoms with Crippen LogP contribution in [-0.2, 0) is 14.9 Å². The number of hydroxylamine groups is 2. The normalized spacial score (nSPS) is 40.7. The molecule has 3 aliphatic rings. The Morgan fingerprint density at radius 3 is 2.39 bits per heavy atom. The number of rotatable bonds is 2. The number of sulfonamides is 1. The fourth-order valence-corrected chi connectivity index (χ4v) is 6.27. The van der Waals surface area contributed by atoms with E-state index in [2.05, 4.69) is 6.92 Å². The van der Waals surface area contributed by atoms with E-state index in [1.807, 2.05) is 38.1 Å². The van der Waals surface area contributed by atoms with Crippen molar-refractivity contribution in [3.63, 3.8) is 0 Å². The molecule has 4 rings (SSSR count). The zero-order valence-corrected chi connectivity index (χ0v) is 14.9. The van der Waals surface area contributed by atoms with Crippen molar-refractivity contribution in [3.05, 3.63) is 29.8 Å². The van der Waals surface area contributed by atoms with Gasteiger partial charge in [-0.15, -0.1) is 0 Å². The van der Waals surface area contributed by atoms with Gasteiger partial charge in [0.15, 0.2) is 0 Å². The first-order valence-corrected chi connectivity index (χ1v) is 9.72. The molecule has 1 aliphatic carbocycles. The SMILES string of the molecule is Cc1ccc(S(=O)(=O)N2C[C@H]3[C@@H]([C@@H]2C)N(C)O[C@]32C[C@H]2C)cc1. The first-order chi connectivity index (χ1) is 10.8. The van der Waals surface area contributed by atoms with E-state index >= 15 is 0 Å². The summed E-state index contributed by atoms with van der Waals surface area (Å²) < 4.78 is 27.8. The van der Waals surface area contributed by atoms with Crippen LogP contribution in [0.15, 0.2) is 29.2 Å². The standard InChI is InChI=1S/C17H24N2O3S/c1-11-5-7-14(8-6-11)23(20,21)19-10-15-16(13(19)3)18(4)22-17(15)9-12(17)2/h5-8,12-13,15-16H,9-10H2,1-4H3/t12-,13+,15+,16-,17+/m1/s1. The molecule has 1 aromatic carbocycles. The first-order valence-electron chi connectivity index (χ1n) is 8.28. The molecule has 2 saturated heterocycles. The van der Waals surface area contributed by atoms with Gasteiger partial charge in [-0.1, -0.05) is 24.6 Å². The zero-order valence-electron chi connectivity index (χ0n) is 14.1. The highest BCUT2D eigenvalue weighted by Crippen LogP contribution is 2.60. The molecule has 0 aromatic heterocycles. The summed E-state index contributed by atoms with van der Waals surface area (Å²) >= 11 is 0. The van der Waals surface area contributed by atoms with Crippen molar-refractivity contribution in [1.82, 2.24) is 9.37 Å². The second kappa shape index (κ2) is 4.79. The number of hydrogen-bond acceptors (Lipinski definition) is 4. The van der Waals surface area contributed by atoms with Crippen molar-refractivity contribution in [3.8, 4) is 0 Å². The average molecular weight is 336 g/mol. The van der Waals surface area contributed by atoms with Gasteiger partial charge in [-0.25, -0.2) is 8.42 Å². The van der Waals surface area contributed by atoms with Crippen LogP contribution < -0.4 is 0 Å². The van der Waals surface area contributed by atoms with E-state index in [0.29, 0.717) is 17.4 Å². The minimum Gasteiger partial charge on any atom is -0.292 e. The zero-order chi connectivity index (χ0) is 16.6. The summed E-state index contributed by atoms with van der Waals surface area (Å²) in [6, 6.07) is 7.19. The molecule has 6 heteroatoms. The summed E-state index contributed by atoms with van der Waals surface area (Å²) in [6.45, 7) is 6.71. The summed E-state index contributed by atoms with van der Waals surface area (Å²) in [5.41, 5.74) is 0.930. The molecule has 1 aromatic rings. The largest absolute Gasteiger partial charge is 0.292 e.